The maximum atomic E-state index is 12.7. The molecule has 0 unspecified atom stereocenters. The number of amides is 1. The number of hydrogen-bond acceptors (Lipinski definition) is 6. The fraction of sp³-hybridized carbons (Fsp3) is 0.500. The van der Waals surface area contributed by atoms with Crippen molar-refractivity contribution in [3.8, 4) is 10.7 Å². The first kappa shape index (κ1) is 17.5. The van der Waals surface area contributed by atoms with Gasteiger partial charge in [0, 0.05) is 37.5 Å². The van der Waals surface area contributed by atoms with Gasteiger partial charge in [-0.25, -0.2) is 4.98 Å². The summed E-state index contributed by atoms with van der Waals surface area (Å²) in [4.78, 5) is 27.1. The van der Waals surface area contributed by atoms with Crippen LogP contribution in [-0.2, 0) is 0 Å². The second-order valence-corrected chi connectivity index (χ2v) is 7.35. The quantitative estimate of drug-likeness (QED) is 0.878. The molecule has 0 aromatic carbocycles. The van der Waals surface area contributed by atoms with E-state index in [1.54, 1.807) is 28.9 Å². The van der Waals surface area contributed by atoms with Crippen LogP contribution in [0.25, 0.3) is 10.7 Å². The van der Waals surface area contributed by atoms with Crippen LogP contribution >= 0.6 is 11.3 Å². The average Bonchev–Trinajstić information content (AvgIpc) is 3.00. The summed E-state index contributed by atoms with van der Waals surface area (Å²) in [6.07, 6.45) is 5.39. The third-order valence-electron chi connectivity index (χ3n) is 3.04. The Labute approximate surface area is 140 Å². The maximum Gasteiger partial charge on any atom is 0.273 e. The van der Waals surface area contributed by atoms with E-state index in [9.17, 15) is 4.79 Å². The Morgan fingerprint density at radius 3 is 2.74 bits per heavy atom. The highest BCUT2D eigenvalue weighted by Crippen LogP contribution is 2.23. The fourth-order valence-corrected chi connectivity index (χ4v) is 2.90. The first-order chi connectivity index (χ1) is 10.9. The SMILES string of the molecule is CC(C)(C)CN(CCCO)C(=O)c1csc(-c2cnccn2)n1. The highest BCUT2D eigenvalue weighted by molar-refractivity contribution is 7.13. The Kier molecular flexibility index (Phi) is 5.79. The molecular formula is C16H22N4O2S. The third-order valence-corrected chi connectivity index (χ3v) is 3.91. The monoisotopic (exact) mass is 334 g/mol. The molecule has 2 rings (SSSR count). The minimum atomic E-state index is -0.111. The zero-order chi connectivity index (χ0) is 16.9. The Hall–Kier alpha value is -1.86. The zero-order valence-electron chi connectivity index (χ0n) is 13.7. The molecule has 1 N–H and O–H groups in total. The summed E-state index contributed by atoms with van der Waals surface area (Å²) in [6, 6.07) is 0. The molecule has 0 fully saturated rings. The van der Waals surface area contributed by atoms with E-state index in [0.29, 0.717) is 35.9 Å². The molecular weight excluding hydrogens is 312 g/mol. The lowest BCUT2D eigenvalue weighted by Crippen LogP contribution is -2.38. The first-order valence-electron chi connectivity index (χ1n) is 7.53. The second-order valence-electron chi connectivity index (χ2n) is 6.49. The van der Waals surface area contributed by atoms with Crippen molar-refractivity contribution in [3.63, 3.8) is 0 Å². The number of rotatable bonds is 6. The van der Waals surface area contributed by atoms with Crippen molar-refractivity contribution in [1.29, 1.82) is 0 Å². The molecule has 0 saturated carbocycles. The number of carbonyl (C=O) groups excluding carboxylic acids is 1. The van der Waals surface area contributed by atoms with Crippen LogP contribution in [0.2, 0.25) is 0 Å². The van der Waals surface area contributed by atoms with Gasteiger partial charge < -0.3 is 10.0 Å². The number of nitrogens with zero attached hydrogens (tertiary/aromatic N) is 4. The van der Waals surface area contributed by atoms with Crippen molar-refractivity contribution in [2.24, 2.45) is 5.41 Å². The van der Waals surface area contributed by atoms with Gasteiger partial charge in [-0.15, -0.1) is 11.3 Å². The lowest BCUT2D eigenvalue weighted by molar-refractivity contribution is 0.0677. The Morgan fingerprint density at radius 2 is 2.13 bits per heavy atom. The molecule has 0 radical (unpaired) electrons. The number of aromatic nitrogens is 3. The van der Waals surface area contributed by atoms with Gasteiger partial charge in [-0.2, -0.15) is 0 Å². The zero-order valence-corrected chi connectivity index (χ0v) is 14.5. The molecule has 2 aromatic rings. The molecule has 1 amide bonds. The largest absolute Gasteiger partial charge is 0.396 e. The number of hydrogen-bond donors (Lipinski definition) is 1. The molecule has 7 heteroatoms. The summed E-state index contributed by atoms with van der Waals surface area (Å²) in [5.74, 6) is -0.111. The van der Waals surface area contributed by atoms with Gasteiger partial charge in [0.1, 0.15) is 16.4 Å². The van der Waals surface area contributed by atoms with Crippen molar-refractivity contribution in [2.45, 2.75) is 27.2 Å². The molecule has 0 aliphatic heterocycles. The Bertz CT molecular complexity index is 637. The third kappa shape index (κ3) is 5.07. The average molecular weight is 334 g/mol. The van der Waals surface area contributed by atoms with Crippen LogP contribution < -0.4 is 0 Å². The van der Waals surface area contributed by atoms with Gasteiger partial charge in [0.05, 0.1) is 6.20 Å². The van der Waals surface area contributed by atoms with E-state index in [-0.39, 0.29) is 17.9 Å². The van der Waals surface area contributed by atoms with Gasteiger partial charge in [0.2, 0.25) is 0 Å². The molecule has 0 saturated heterocycles. The lowest BCUT2D eigenvalue weighted by Gasteiger charge is -2.29. The topological polar surface area (TPSA) is 79.2 Å². The minimum Gasteiger partial charge on any atom is -0.396 e. The van der Waals surface area contributed by atoms with Crippen molar-refractivity contribution >= 4 is 17.2 Å². The van der Waals surface area contributed by atoms with Crippen LogP contribution in [-0.4, -0.2) is 50.6 Å². The Balaban J connectivity index is 2.18. The second kappa shape index (κ2) is 7.61. The summed E-state index contributed by atoms with van der Waals surface area (Å²) in [6.45, 7) is 7.44. The Morgan fingerprint density at radius 1 is 1.35 bits per heavy atom. The van der Waals surface area contributed by atoms with E-state index >= 15 is 0 Å². The molecule has 124 valence electrons. The summed E-state index contributed by atoms with van der Waals surface area (Å²) < 4.78 is 0. The van der Waals surface area contributed by atoms with Crippen LogP contribution in [0.5, 0.6) is 0 Å². The van der Waals surface area contributed by atoms with Gasteiger partial charge in [0.25, 0.3) is 5.91 Å². The molecule has 0 bridgehead atoms. The molecule has 0 aliphatic rings. The summed E-state index contributed by atoms with van der Waals surface area (Å²) in [5, 5.41) is 11.5. The van der Waals surface area contributed by atoms with Gasteiger partial charge in [-0.05, 0) is 11.8 Å². The number of carbonyl (C=O) groups is 1. The predicted molar refractivity (Wildman–Crippen MR) is 90.2 cm³/mol. The molecule has 6 nitrogen and oxygen atoms in total. The van der Waals surface area contributed by atoms with Gasteiger partial charge in [0.15, 0.2) is 0 Å². The van der Waals surface area contributed by atoms with Crippen molar-refractivity contribution in [1.82, 2.24) is 19.9 Å². The smallest absolute Gasteiger partial charge is 0.273 e. The van der Waals surface area contributed by atoms with Crippen molar-refractivity contribution in [3.05, 3.63) is 29.7 Å². The highest BCUT2D eigenvalue weighted by atomic mass is 32.1. The molecule has 2 aromatic heterocycles. The highest BCUT2D eigenvalue weighted by Gasteiger charge is 2.23. The molecule has 2 heterocycles. The van der Waals surface area contributed by atoms with Crippen LogP contribution in [0.4, 0.5) is 0 Å². The van der Waals surface area contributed by atoms with E-state index in [2.05, 4.69) is 35.7 Å². The molecule has 23 heavy (non-hydrogen) atoms. The number of aliphatic hydroxyl groups excluding tert-OH is 1. The van der Waals surface area contributed by atoms with E-state index < -0.39 is 0 Å². The van der Waals surface area contributed by atoms with E-state index in [1.165, 1.54) is 11.3 Å². The number of aliphatic hydroxyl groups is 1. The standard InChI is InChI=1S/C16H22N4O2S/c1-16(2,3)11-20(7-4-8-21)15(22)13-10-23-14(19-13)12-9-17-5-6-18-12/h5-6,9-10,21H,4,7-8,11H2,1-3H3. The fourth-order valence-electron chi connectivity index (χ4n) is 2.15. The summed E-state index contributed by atoms with van der Waals surface area (Å²) in [5.41, 5.74) is 1.06. The van der Waals surface area contributed by atoms with Gasteiger partial charge >= 0.3 is 0 Å². The van der Waals surface area contributed by atoms with E-state index in [4.69, 9.17) is 5.11 Å². The van der Waals surface area contributed by atoms with Crippen LogP contribution in [0.15, 0.2) is 24.0 Å². The summed E-state index contributed by atoms with van der Waals surface area (Å²) >= 11 is 1.38. The maximum absolute atomic E-state index is 12.7. The first-order valence-corrected chi connectivity index (χ1v) is 8.41. The van der Waals surface area contributed by atoms with E-state index in [1.807, 2.05) is 0 Å². The van der Waals surface area contributed by atoms with Crippen LogP contribution in [0.1, 0.15) is 37.7 Å². The van der Waals surface area contributed by atoms with Gasteiger partial charge in [-0.3, -0.25) is 14.8 Å². The van der Waals surface area contributed by atoms with E-state index in [0.717, 1.165) is 0 Å². The molecule has 0 aliphatic carbocycles. The lowest BCUT2D eigenvalue weighted by atomic mass is 9.96. The van der Waals surface area contributed by atoms with Crippen LogP contribution in [0.3, 0.4) is 0 Å². The van der Waals surface area contributed by atoms with Crippen LogP contribution in [0, 0.1) is 5.41 Å². The normalized spacial score (nSPS) is 11.5. The van der Waals surface area contributed by atoms with Crippen molar-refractivity contribution in [2.75, 3.05) is 19.7 Å². The molecule has 0 spiro atoms. The summed E-state index contributed by atoms with van der Waals surface area (Å²) in [7, 11) is 0. The molecule has 0 atom stereocenters. The van der Waals surface area contributed by atoms with Crippen molar-refractivity contribution < 1.29 is 9.90 Å². The predicted octanol–water partition coefficient (Wildman–Crippen LogP) is 2.47. The van der Waals surface area contributed by atoms with Gasteiger partial charge in [-0.1, -0.05) is 20.8 Å². The minimum absolute atomic E-state index is 0.0190. The number of thiazole rings is 1.